The number of methoxy groups -OCH3 is 1. The molecule has 2 rings (SSSR count). The van der Waals surface area contributed by atoms with E-state index in [2.05, 4.69) is 10.1 Å². The Labute approximate surface area is 130 Å². The van der Waals surface area contributed by atoms with E-state index in [0.717, 1.165) is 26.1 Å². The first-order valence-electron chi connectivity index (χ1n) is 7.66. The molecular formula is C15H25N3O4. The molecule has 2 N–H and O–H groups in total. The van der Waals surface area contributed by atoms with Crippen molar-refractivity contribution in [1.82, 2.24) is 10.1 Å². The van der Waals surface area contributed by atoms with Gasteiger partial charge in [-0.15, -0.1) is 0 Å². The Morgan fingerprint density at radius 3 is 2.95 bits per heavy atom. The summed E-state index contributed by atoms with van der Waals surface area (Å²) in [7, 11) is 1.37. The Morgan fingerprint density at radius 2 is 2.36 bits per heavy atom. The molecule has 1 fully saturated rings. The van der Waals surface area contributed by atoms with E-state index >= 15 is 0 Å². The van der Waals surface area contributed by atoms with Gasteiger partial charge in [0.25, 0.3) is 5.88 Å². The van der Waals surface area contributed by atoms with Crippen LogP contribution in [0.1, 0.15) is 31.9 Å². The molecule has 0 radical (unpaired) electrons. The fourth-order valence-corrected chi connectivity index (χ4v) is 2.68. The summed E-state index contributed by atoms with van der Waals surface area (Å²) in [5.41, 5.74) is 5.86. The largest absolute Gasteiger partial charge is 0.474 e. The Bertz CT molecular complexity index is 489. The van der Waals surface area contributed by atoms with Crippen LogP contribution < -0.4 is 10.5 Å². The zero-order valence-corrected chi connectivity index (χ0v) is 13.4. The Hall–Kier alpha value is -1.60. The minimum Gasteiger partial charge on any atom is -0.474 e. The van der Waals surface area contributed by atoms with Crippen molar-refractivity contribution < 1.29 is 18.8 Å². The molecular weight excluding hydrogens is 286 g/mol. The second-order valence-electron chi connectivity index (χ2n) is 6.01. The Morgan fingerprint density at radius 1 is 1.59 bits per heavy atom. The predicted octanol–water partition coefficient (Wildman–Crippen LogP) is 0.999. The molecule has 0 amide bonds. The summed E-state index contributed by atoms with van der Waals surface area (Å²) >= 11 is 0. The molecule has 0 spiro atoms. The van der Waals surface area contributed by atoms with Gasteiger partial charge in [0.1, 0.15) is 12.5 Å². The molecule has 0 saturated carbocycles. The molecule has 1 saturated heterocycles. The van der Waals surface area contributed by atoms with Gasteiger partial charge in [-0.1, -0.05) is 13.8 Å². The number of hydrogen-bond donors (Lipinski definition) is 1. The van der Waals surface area contributed by atoms with Gasteiger partial charge in [0, 0.05) is 25.2 Å². The van der Waals surface area contributed by atoms with Gasteiger partial charge >= 0.3 is 5.97 Å². The molecule has 2 heterocycles. The first-order valence-corrected chi connectivity index (χ1v) is 7.66. The van der Waals surface area contributed by atoms with Crippen molar-refractivity contribution in [2.24, 2.45) is 11.7 Å². The van der Waals surface area contributed by atoms with Crippen LogP contribution in [-0.4, -0.2) is 55.4 Å². The summed E-state index contributed by atoms with van der Waals surface area (Å²) in [6.45, 7) is 7.10. The molecule has 7 nitrogen and oxygen atoms in total. The van der Waals surface area contributed by atoms with Crippen molar-refractivity contribution in [2.75, 3.05) is 33.4 Å². The average Bonchev–Trinajstić information content (AvgIpc) is 3.08. The minimum absolute atomic E-state index is 0.0549. The standard InChI is InChI=1S/C15H25N3O4/c1-10(2)14(15(19)20-3)12-8-13(17-22-12)21-7-6-18-5-4-11(16)9-18/h8,10-11,14H,4-7,9,16H2,1-3H3. The SMILES string of the molecule is COC(=O)C(c1cc(OCCN2CCC(N)C2)no1)C(C)C. The quantitative estimate of drug-likeness (QED) is 0.751. The highest BCUT2D eigenvalue weighted by atomic mass is 16.5. The zero-order valence-electron chi connectivity index (χ0n) is 13.4. The maximum Gasteiger partial charge on any atom is 0.316 e. The highest BCUT2D eigenvalue weighted by Crippen LogP contribution is 2.28. The number of rotatable bonds is 7. The number of nitrogens with zero attached hydrogens (tertiary/aromatic N) is 2. The van der Waals surface area contributed by atoms with Crippen molar-refractivity contribution in [1.29, 1.82) is 0 Å². The maximum absolute atomic E-state index is 11.8. The number of nitrogens with two attached hydrogens (primary N) is 1. The van der Waals surface area contributed by atoms with Gasteiger partial charge in [-0.2, -0.15) is 0 Å². The lowest BCUT2D eigenvalue weighted by Gasteiger charge is -2.14. The van der Waals surface area contributed by atoms with Crippen molar-refractivity contribution in [3.63, 3.8) is 0 Å². The summed E-state index contributed by atoms with van der Waals surface area (Å²) in [5, 5.41) is 3.87. The lowest BCUT2D eigenvalue weighted by Crippen LogP contribution is -2.29. The third-order valence-electron chi connectivity index (χ3n) is 3.90. The summed E-state index contributed by atoms with van der Waals surface area (Å²) in [4.78, 5) is 14.1. The third kappa shape index (κ3) is 4.20. The maximum atomic E-state index is 11.8. The van der Waals surface area contributed by atoms with Gasteiger partial charge in [-0.25, -0.2) is 0 Å². The van der Waals surface area contributed by atoms with Gasteiger partial charge in [-0.05, 0) is 24.0 Å². The lowest BCUT2D eigenvalue weighted by molar-refractivity contribution is -0.144. The number of hydrogen-bond acceptors (Lipinski definition) is 7. The van der Waals surface area contributed by atoms with E-state index in [-0.39, 0.29) is 17.9 Å². The number of likely N-dealkylation sites (tertiary alicyclic amines) is 1. The van der Waals surface area contributed by atoms with Crippen LogP contribution in [-0.2, 0) is 9.53 Å². The monoisotopic (exact) mass is 311 g/mol. The van der Waals surface area contributed by atoms with E-state index in [1.54, 1.807) is 6.07 Å². The van der Waals surface area contributed by atoms with Crippen molar-refractivity contribution in [3.8, 4) is 5.88 Å². The number of aromatic nitrogens is 1. The summed E-state index contributed by atoms with van der Waals surface area (Å²) < 4.78 is 15.6. The molecule has 1 aromatic rings. The summed E-state index contributed by atoms with van der Waals surface area (Å²) in [6, 6.07) is 1.93. The number of esters is 1. The van der Waals surface area contributed by atoms with Crippen molar-refractivity contribution in [2.45, 2.75) is 32.2 Å². The molecule has 7 heteroatoms. The van der Waals surface area contributed by atoms with Gasteiger partial charge in [0.15, 0.2) is 5.76 Å². The molecule has 124 valence electrons. The van der Waals surface area contributed by atoms with Crippen molar-refractivity contribution >= 4 is 5.97 Å². The van der Waals surface area contributed by atoms with Gasteiger partial charge in [-0.3, -0.25) is 9.69 Å². The summed E-state index contributed by atoms with van der Waals surface area (Å²) in [6.07, 6.45) is 1.03. The molecule has 2 atom stereocenters. The van der Waals surface area contributed by atoms with Gasteiger partial charge < -0.3 is 19.7 Å². The van der Waals surface area contributed by atoms with Crippen LogP contribution in [0.15, 0.2) is 10.6 Å². The summed E-state index contributed by atoms with van der Waals surface area (Å²) in [5.74, 6) is 0.127. The van der Waals surface area contributed by atoms with E-state index in [1.165, 1.54) is 7.11 Å². The zero-order chi connectivity index (χ0) is 16.1. The Kier molecular flexibility index (Phi) is 5.79. The number of carbonyl (C=O) groups is 1. The molecule has 0 aromatic carbocycles. The lowest BCUT2D eigenvalue weighted by atomic mass is 9.93. The second kappa shape index (κ2) is 7.60. The van der Waals surface area contributed by atoms with Crippen LogP contribution >= 0.6 is 0 Å². The normalized spacial score (nSPS) is 20.3. The first kappa shape index (κ1) is 16.8. The Balaban J connectivity index is 1.86. The topological polar surface area (TPSA) is 90.8 Å². The minimum atomic E-state index is -0.466. The first-order chi connectivity index (χ1) is 10.5. The molecule has 1 aromatic heterocycles. The number of ether oxygens (including phenoxy) is 2. The van der Waals surface area contributed by atoms with E-state index in [1.807, 2.05) is 13.8 Å². The predicted molar refractivity (Wildman–Crippen MR) is 80.6 cm³/mol. The van der Waals surface area contributed by atoms with Crippen molar-refractivity contribution in [3.05, 3.63) is 11.8 Å². The molecule has 0 bridgehead atoms. The van der Waals surface area contributed by atoms with Crippen LogP contribution in [0.5, 0.6) is 5.88 Å². The average molecular weight is 311 g/mol. The van der Waals surface area contributed by atoms with Crippen LogP contribution in [0.3, 0.4) is 0 Å². The molecule has 22 heavy (non-hydrogen) atoms. The van der Waals surface area contributed by atoms with E-state index in [4.69, 9.17) is 19.7 Å². The second-order valence-corrected chi connectivity index (χ2v) is 6.01. The third-order valence-corrected chi connectivity index (χ3v) is 3.90. The highest BCUT2D eigenvalue weighted by Gasteiger charge is 2.29. The molecule has 0 aliphatic carbocycles. The fraction of sp³-hybridized carbons (Fsp3) is 0.733. The van der Waals surface area contributed by atoms with Crippen LogP contribution in [0, 0.1) is 5.92 Å². The molecule has 1 aliphatic rings. The molecule has 1 aliphatic heterocycles. The van der Waals surface area contributed by atoms with Crippen LogP contribution in [0.4, 0.5) is 0 Å². The molecule has 2 unspecified atom stereocenters. The van der Waals surface area contributed by atoms with Gasteiger partial charge in [0.2, 0.25) is 0 Å². The van der Waals surface area contributed by atoms with E-state index < -0.39 is 5.92 Å². The van der Waals surface area contributed by atoms with E-state index in [9.17, 15) is 4.79 Å². The highest BCUT2D eigenvalue weighted by molar-refractivity contribution is 5.77. The fourth-order valence-electron chi connectivity index (χ4n) is 2.68. The van der Waals surface area contributed by atoms with E-state index in [0.29, 0.717) is 18.2 Å². The van der Waals surface area contributed by atoms with Crippen LogP contribution in [0.2, 0.25) is 0 Å². The smallest absolute Gasteiger partial charge is 0.316 e. The van der Waals surface area contributed by atoms with Gasteiger partial charge in [0.05, 0.1) is 7.11 Å². The van der Waals surface area contributed by atoms with Crippen LogP contribution in [0.25, 0.3) is 0 Å². The number of carbonyl (C=O) groups excluding carboxylic acids is 1.